The number of benzene rings is 2. The van der Waals surface area contributed by atoms with Gasteiger partial charge in [-0.1, -0.05) is 18.2 Å². The minimum absolute atomic E-state index is 0.0283. The summed E-state index contributed by atoms with van der Waals surface area (Å²) in [4.78, 5) is 25.1. The molecule has 0 aliphatic rings. The minimum atomic E-state index is -0.438. The van der Waals surface area contributed by atoms with E-state index in [1.54, 1.807) is 30.5 Å². The van der Waals surface area contributed by atoms with E-state index in [9.17, 15) is 20.2 Å². The van der Waals surface area contributed by atoms with Gasteiger partial charge in [0.05, 0.1) is 22.1 Å². The Morgan fingerprint density at radius 2 is 1.36 bits per heavy atom. The lowest BCUT2D eigenvalue weighted by molar-refractivity contribution is -0.385. The standard InChI is InChI=1S/C19H17N5O4/c25-23(26)18-5-1-3-15(9-18)20-11-14-7-8-17(21-12-14)13-22-16-4-2-6-19(10-16)24(27)28/h1-10,12,20,22H,11,13H2. The molecule has 0 spiro atoms. The van der Waals surface area contributed by atoms with E-state index in [4.69, 9.17) is 0 Å². The van der Waals surface area contributed by atoms with Crippen molar-refractivity contribution in [1.29, 1.82) is 0 Å². The van der Waals surface area contributed by atoms with E-state index in [0.717, 1.165) is 11.3 Å². The van der Waals surface area contributed by atoms with E-state index in [2.05, 4.69) is 15.6 Å². The number of nitrogens with one attached hydrogen (secondary N) is 2. The molecule has 0 saturated heterocycles. The third-order valence-corrected chi connectivity index (χ3v) is 3.97. The van der Waals surface area contributed by atoms with Gasteiger partial charge in [-0.3, -0.25) is 25.2 Å². The van der Waals surface area contributed by atoms with Crippen LogP contribution < -0.4 is 10.6 Å². The zero-order chi connectivity index (χ0) is 19.9. The van der Waals surface area contributed by atoms with Crippen LogP contribution in [-0.4, -0.2) is 14.8 Å². The van der Waals surface area contributed by atoms with Crippen molar-refractivity contribution in [2.24, 2.45) is 0 Å². The zero-order valence-corrected chi connectivity index (χ0v) is 14.7. The second kappa shape index (κ2) is 8.58. The third-order valence-electron chi connectivity index (χ3n) is 3.97. The van der Waals surface area contributed by atoms with Gasteiger partial charge in [-0.15, -0.1) is 0 Å². The summed E-state index contributed by atoms with van der Waals surface area (Å²) in [5, 5.41) is 27.8. The summed E-state index contributed by atoms with van der Waals surface area (Å²) >= 11 is 0. The number of nitrogens with zero attached hydrogens (tertiary/aromatic N) is 3. The van der Waals surface area contributed by atoms with Crippen LogP contribution in [0.4, 0.5) is 22.7 Å². The zero-order valence-electron chi connectivity index (χ0n) is 14.7. The average molecular weight is 379 g/mol. The molecule has 0 fully saturated rings. The summed E-state index contributed by atoms with van der Waals surface area (Å²) in [5.41, 5.74) is 3.07. The van der Waals surface area contributed by atoms with Crippen molar-refractivity contribution in [2.75, 3.05) is 10.6 Å². The summed E-state index contributed by atoms with van der Waals surface area (Å²) in [6.07, 6.45) is 1.72. The van der Waals surface area contributed by atoms with Gasteiger partial charge in [-0.05, 0) is 23.8 Å². The summed E-state index contributed by atoms with van der Waals surface area (Å²) < 4.78 is 0. The van der Waals surface area contributed by atoms with Crippen molar-refractivity contribution in [3.05, 3.63) is 98.3 Å². The molecule has 0 aliphatic heterocycles. The Hall–Kier alpha value is -4.01. The molecule has 3 aromatic rings. The molecule has 1 heterocycles. The van der Waals surface area contributed by atoms with Crippen molar-refractivity contribution >= 4 is 22.7 Å². The minimum Gasteiger partial charge on any atom is -0.381 e. The first-order valence-electron chi connectivity index (χ1n) is 8.42. The fourth-order valence-electron chi connectivity index (χ4n) is 2.52. The molecule has 9 heteroatoms. The molecule has 2 N–H and O–H groups in total. The molecule has 28 heavy (non-hydrogen) atoms. The number of nitro groups is 2. The maximum atomic E-state index is 10.8. The summed E-state index contributed by atoms with van der Waals surface area (Å²) in [6.45, 7) is 0.909. The molecule has 0 saturated carbocycles. The van der Waals surface area contributed by atoms with Crippen molar-refractivity contribution in [3.63, 3.8) is 0 Å². The number of aromatic nitrogens is 1. The van der Waals surface area contributed by atoms with Crippen molar-refractivity contribution < 1.29 is 9.85 Å². The summed E-state index contributed by atoms with van der Waals surface area (Å²) in [5.74, 6) is 0. The van der Waals surface area contributed by atoms with Gasteiger partial charge >= 0.3 is 0 Å². The lowest BCUT2D eigenvalue weighted by atomic mass is 10.2. The van der Waals surface area contributed by atoms with Crippen LogP contribution in [0.3, 0.4) is 0 Å². The number of hydrogen-bond acceptors (Lipinski definition) is 7. The Morgan fingerprint density at radius 1 is 0.786 bits per heavy atom. The summed E-state index contributed by atoms with van der Waals surface area (Å²) in [6, 6.07) is 16.3. The fraction of sp³-hybridized carbons (Fsp3) is 0.105. The number of rotatable bonds is 8. The van der Waals surface area contributed by atoms with Crippen LogP contribution >= 0.6 is 0 Å². The third kappa shape index (κ3) is 5.01. The molecular formula is C19H17N5O4. The van der Waals surface area contributed by atoms with Gasteiger partial charge in [0.15, 0.2) is 0 Å². The monoisotopic (exact) mass is 379 g/mol. The molecule has 0 aliphatic carbocycles. The Kier molecular flexibility index (Phi) is 5.75. The molecule has 0 radical (unpaired) electrons. The number of hydrogen-bond donors (Lipinski definition) is 2. The largest absolute Gasteiger partial charge is 0.381 e. The molecule has 0 atom stereocenters. The van der Waals surface area contributed by atoms with Gasteiger partial charge in [0, 0.05) is 48.4 Å². The van der Waals surface area contributed by atoms with Crippen molar-refractivity contribution in [1.82, 2.24) is 4.98 Å². The van der Waals surface area contributed by atoms with Crippen molar-refractivity contribution in [3.8, 4) is 0 Å². The van der Waals surface area contributed by atoms with E-state index in [-0.39, 0.29) is 11.4 Å². The predicted octanol–water partition coefficient (Wildman–Crippen LogP) is 4.12. The first-order valence-corrected chi connectivity index (χ1v) is 8.42. The predicted molar refractivity (Wildman–Crippen MR) is 105 cm³/mol. The molecule has 3 rings (SSSR count). The van der Waals surface area contributed by atoms with Crippen LogP contribution in [0, 0.1) is 20.2 Å². The Labute approximate surface area is 160 Å². The van der Waals surface area contributed by atoms with Gasteiger partial charge in [-0.2, -0.15) is 0 Å². The quantitative estimate of drug-likeness (QED) is 0.445. The van der Waals surface area contributed by atoms with E-state index in [0.29, 0.717) is 24.5 Å². The Bertz CT molecular complexity index is 911. The smallest absolute Gasteiger partial charge is 0.271 e. The fourth-order valence-corrected chi connectivity index (χ4v) is 2.52. The van der Waals surface area contributed by atoms with E-state index < -0.39 is 9.85 Å². The first-order chi connectivity index (χ1) is 13.5. The van der Waals surface area contributed by atoms with Crippen LogP contribution in [0.25, 0.3) is 0 Å². The van der Waals surface area contributed by atoms with Gasteiger partial charge in [0.25, 0.3) is 11.4 Å². The molecule has 0 bridgehead atoms. The normalized spacial score (nSPS) is 10.3. The Morgan fingerprint density at radius 3 is 1.86 bits per heavy atom. The van der Waals surface area contributed by atoms with Gasteiger partial charge in [0.1, 0.15) is 0 Å². The molecule has 1 aromatic heterocycles. The van der Waals surface area contributed by atoms with Crippen LogP contribution in [-0.2, 0) is 13.1 Å². The maximum absolute atomic E-state index is 10.8. The lowest BCUT2D eigenvalue weighted by Gasteiger charge is -2.08. The number of non-ortho nitro benzene ring substituents is 2. The maximum Gasteiger partial charge on any atom is 0.271 e. The molecule has 142 valence electrons. The summed E-state index contributed by atoms with van der Waals surface area (Å²) in [7, 11) is 0. The highest BCUT2D eigenvalue weighted by atomic mass is 16.6. The topological polar surface area (TPSA) is 123 Å². The molecule has 2 aromatic carbocycles. The molecule has 0 amide bonds. The van der Waals surface area contributed by atoms with Gasteiger partial charge < -0.3 is 10.6 Å². The highest BCUT2D eigenvalue weighted by Crippen LogP contribution is 2.19. The number of anilines is 2. The van der Waals surface area contributed by atoms with E-state index in [1.165, 1.54) is 24.3 Å². The van der Waals surface area contributed by atoms with Crippen LogP contribution in [0.1, 0.15) is 11.3 Å². The van der Waals surface area contributed by atoms with Crippen LogP contribution in [0.5, 0.6) is 0 Å². The first kappa shape index (κ1) is 18.8. The molecule has 0 unspecified atom stereocenters. The van der Waals surface area contributed by atoms with E-state index in [1.807, 2.05) is 12.1 Å². The van der Waals surface area contributed by atoms with Crippen molar-refractivity contribution in [2.45, 2.75) is 13.1 Å². The highest BCUT2D eigenvalue weighted by molar-refractivity contribution is 5.52. The van der Waals surface area contributed by atoms with E-state index >= 15 is 0 Å². The average Bonchev–Trinajstić information content (AvgIpc) is 2.72. The Balaban J connectivity index is 1.55. The molecular weight excluding hydrogens is 362 g/mol. The second-order valence-electron chi connectivity index (χ2n) is 5.98. The number of nitro benzene ring substituents is 2. The molecule has 9 nitrogen and oxygen atoms in total. The van der Waals surface area contributed by atoms with Gasteiger partial charge in [-0.25, -0.2) is 0 Å². The van der Waals surface area contributed by atoms with Gasteiger partial charge in [0.2, 0.25) is 0 Å². The van der Waals surface area contributed by atoms with Crippen LogP contribution in [0.2, 0.25) is 0 Å². The second-order valence-corrected chi connectivity index (χ2v) is 5.98. The number of pyridine rings is 1. The highest BCUT2D eigenvalue weighted by Gasteiger charge is 2.07. The lowest BCUT2D eigenvalue weighted by Crippen LogP contribution is -2.04. The SMILES string of the molecule is O=[N+]([O-])c1cccc(NCc2ccc(CNc3cccc([N+](=O)[O-])c3)nc2)c1. The van der Waals surface area contributed by atoms with Crippen LogP contribution in [0.15, 0.2) is 66.9 Å².